The van der Waals surface area contributed by atoms with Gasteiger partial charge in [-0.15, -0.1) is 0 Å². The molecule has 0 saturated carbocycles. The molecule has 3 atom stereocenters. The Morgan fingerprint density at radius 3 is 1.51 bits per heavy atom. The van der Waals surface area contributed by atoms with Gasteiger partial charge >= 0.3 is 11.9 Å². The van der Waals surface area contributed by atoms with Crippen molar-refractivity contribution in [2.24, 2.45) is 11.8 Å². The van der Waals surface area contributed by atoms with E-state index in [1.165, 1.54) is 0 Å². The summed E-state index contributed by atoms with van der Waals surface area (Å²) in [5.74, 6) is -2.61. The highest BCUT2D eigenvalue weighted by molar-refractivity contribution is 5.91. The summed E-state index contributed by atoms with van der Waals surface area (Å²) in [5.41, 5.74) is 1.60. The van der Waals surface area contributed by atoms with Crippen molar-refractivity contribution in [1.82, 2.24) is 10.6 Å². The lowest BCUT2D eigenvalue weighted by Gasteiger charge is -2.21. The molecule has 9 heteroatoms. The zero-order valence-corrected chi connectivity index (χ0v) is 23.1. The molecule has 0 aliphatic rings. The Hall–Kier alpha value is -3.72. The number of amides is 2. The minimum atomic E-state index is -1.75. The van der Waals surface area contributed by atoms with Crippen LogP contribution in [0, 0.1) is 11.8 Å². The summed E-state index contributed by atoms with van der Waals surface area (Å²) >= 11 is 0. The first kappa shape index (κ1) is 31.5. The molecule has 2 aromatic carbocycles. The number of carbonyl (C=O) groups excluding carboxylic acids is 4. The standard InChI is InChI=1S/C30H40N2O7/c1-20(2)18-38-29(36)24(15-22-11-7-5-8-12-22)31-27(34)17-26(33)28(35)32-25(30(37)39-19-21(3)4)16-23-13-9-6-10-14-23/h5-14,20-21,24-26,33H,15-19H2,1-4H3,(H,31,34)(H,32,35)/t24-,25-,26+/m0/s1. The normalized spacial score (nSPS) is 13.3. The summed E-state index contributed by atoms with van der Waals surface area (Å²) < 4.78 is 10.6. The van der Waals surface area contributed by atoms with Gasteiger partial charge in [0.05, 0.1) is 19.6 Å². The minimum Gasteiger partial charge on any atom is -0.464 e. The van der Waals surface area contributed by atoms with Gasteiger partial charge in [-0.05, 0) is 23.0 Å². The van der Waals surface area contributed by atoms with Gasteiger partial charge < -0.3 is 25.2 Å². The Bertz CT molecular complexity index is 1060. The van der Waals surface area contributed by atoms with E-state index >= 15 is 0 Å². The van der Waals surface area contributed by atoms with Gasteiger partial charge in [-0.25, -0.2) is 9.59 Å². The molecule has 39 heavy (non-hydrogen) atoms. The van der Waals surface area contributed by atoms with Gasteiger partial charge in [-0.2, -0.15) is 0 Å². The Balaban J connectivity index is 2.03. The van der Waals surface area contributed by atoms with Crippen LogP contribution in [0.1, 0.15) is 45.2 Å². The van der Waals surface area contributed by atoms with Gasteiger partial charge in [0, 0.05) is 12.8 Å². The maximum atomic E-state index is 12.8. The van der Waals surface area contributed by atoms with E-state index < -0.39 is 48.4 Å². The highest BCUT2D eigenvalue weighted by atomic mass is 16.5. The highest BCUT2D eigenvalue weighted by Crippen LogP contribution is 2.09. The molecule has 0 radical (unpaired) electrons. The number of hydrogen-bond acceptors (Lipinski definition) is 7. The monoisotopic (exact) mass is 540 g/mol. The van der Waals surface area contributed by atoms with E-state index in [9.17, 15) is 24.3 Å². The molecule has 0 unspecified atom stereocenters. The Morgan fingerprint density at radius 1 is 0.692 bits per heavy atom. The van der Waals surface area contributed by atoms with Crippen LogP contribution in [0.25, 0.3) is 0 Å². The summed E-state index contributed by atoms with van der Waals surface area (Å²) in [4.78, 5) is 50.9. The molecule has 212 valence electrons. The predicted molar refractivity (Wildman–Crippen MR) is 146 cm³/mol. The quantitative estimate of drug-likeness (QED) is 0.296. The summed E-state index contributed by atoms with van der Waals surface area (Å²) in [6.45, 7) is 7.96. The molecule has 0 aliphatic carbocycles. The van der Waals surface area contributed by atoms with Crippen molar-refractivity contribution in [2.75, 3.05) is 13.2 Å². The van der Waals surface area contributed by atoms with E-state index in [0.717, 1.165) is 11.1 Å². The van der Waals surface area contributed by atoms with E-state index in [1.807, 2.05) is 88.4 Å². The smallest absolute Gasteiger partial charge is 0.328 e. The number of carbonyl (C=O) groups is 4. The van der Waals surface area contributed by atoms with Gasteiger partial charge in [0.1, 0.15) is 18.2 Å². The van der Waals surface area contributed by atoms with E-state index in [2.05, 4.69) is 10.6 Å². The van der Waals surface area contributed by atoms with Crippen LogP contribution >= 0.6 is 0 Å². The summed E-state index contributed by atoms with van der Waals surface area (Å²) in [5, 5.41) is 15.6. The molecule has 2 amide bonds. The third-order valence-corrected chi connectivity index (χ3v) is 5.59. The topological polar surface area (TPSA) is 131 Å². The summed E-state index contributed by atoms with van der Waals surface area (Å²) in [6, 6.07) is 16.2. The lowest BCUT2D eigenvalue weighted by molar-refractivity contribution is -0.151. The maximum Gasteiger partial charge on any atom is 0.328 e. The molecule has 2 rings (SSSR count). The molecule has 9 nitrogen and oxygen atoms in total. The number of nitrogens with one attached hydrogen (secondary N) is 2. The fraction of sp³-hybridized carbons (Fsp3) is 0.467. The van der Waals surface area contributed by atoms with E-state index in [4.69, 9.17) is 9.47 Å². The third kappa shape index (κ3) is 12.1. The van der Waals surface area contributed by atoms with Crippen molar-refractivity contribution in [1.29, 1.82) is 0 Å². The van der Waals surface area contributed by atoms with E-state index in [-0.39, 0.29) is 37.9 Å². The predicted octanol–water partition coefficient (Wildman–Crippen LogP) is 2.59. The molecule has 2 aromatic rings. The van der Waals surface area contributed by atoms with Crippen LogP contribution in [-0.4, -0.2) is 60.3 Å². The van der Waals surface area contributed by atoms with Gasteiger partial charge in [0.25, 0.3) is 0 Å². The molecule has 0 spiro atoms. The number of hydrogen-bond donors (Lipinski definition) is 3. The molecule has 0 heterocycles. The maximum absolute atomic E-state index is 12.8. The van der Waals surface area contributed by atoms with Crippen LogP contribution in [0.15, 0.2) is 60.7 Å². The second-order valence-corrected chi connectivity index (χ2v) is 10.3. The van der Waals surface area contributed by atoms with Gasteiger partial charge in [-0.1, -0.05) is 88.4 Å². The number of ether oxygens (including phenoxy) is 2. The molecule has 0 saturated heterocycles. The first-order chi connectivity index (χ1) is 18.5. The average Bonchev–Trinajstić information content (AvgIpc) is 2.90. The van der Waals surface area contributed by atoms with Crippen LogP contribution in [0.3, 0.4) is 0 Å². The third-order valence-electron chi connectivity index (χ3n) is 5.59. The highest BCUT2D eigenvalue weighted by Gasteiger charge is 2.29. The second-order valence-electron chi connectivity index (χ2n) is 10.3. The summed E-state index contributed by atoms with van der Waals surface area (Å²) in [6.07, 6.45) is -2.01. The van der Waals surface area contributed by atoms with Crippen molar-refractivity contribution in [3.8, 4) is 0 Å². The van der Waals surface area contributed by atoms with Crippen LogP contribution < -0.4 is 10.6 Å². The van der Waals surface area contributed by atoms with E-state index in [1.54, 1.807) is 0 Å². The van der Waals surface area contributed by atoms with Crippen molar-refractivity contribution in [3.05, 3.63) is 71.8 Å². The number of rotatable bonds is 15. The van der Waals surface area contributed by atoms with Crippen molar-refractivity contribution in [3.63, 3.8) is 0 Å². The van der Waals surface area contributed by atoms with Gasteiger partial charge in [0.2, 0.25) is 11.8 Å². The number of aliphatic hydroxyl groups is 1. The zero-order valence-electron chi connectivity index (χ0n) is 23.1. The summed E-state index contributed by atoms with van der Waals surface area (Å²) in [7, 11) is 0. The van der Waals surface area contributed by atoms with Gasteiger partial charge in [-0.3, -0.25) is 9.59 Å². The molecular formula is C30H40N2O7. The zero-order chi connectivity index (χ0) is 28.8. The van der Waals surface area contributed by atoms with Crippen LogP contribution in [0.5, 0.6) is 0 Å². The molecule has 3 N–H and O–H groups in total. The van der Waals surface area contributed by atoms with E-state index in [0.29, 0.717) is 0 Å². The fourth-order valence-corrected chi connectivity index (χ4v) is 3.57. The van der Waals surface area contributed by atoms with Crippen molar-refractivity contribution >= 4 is 23.8 Å². The number of benzene rings is 2. The van der Waals surface area contributed by atoms with Crippen LogP contribution in [0.2, 0.25) is 0 Å². The average molecular weight is 541 g/mol. The Labute approximate surface area is 230 Å². The Kier molecular flexibility index (Phi) is 13.2. The van der Waals surface area contributed by atoms with Crippen molar-refractivity contribution < 1.29 is 33.8 Å². The molecule has 0 fully saturated rings. The van der Waals surface area contributed by atoms with Crippen molar-refractivity contribution in [2.45, 2.75) is 65.1 Å². The van der Waals surface area contributed by atoms with Crippen LogP contribution in [0.4, 0.5) is 0 Å². The molecule has 0 aromatic heterocycles. The van der Waals surface area contributed by atoms with Crippen LogP contribution in [-0.2, 0) is 41.5 Å². The number of esters is 2. The SMILES string of the molecule is CC(C)COC(=O)[C@H](Cc1ccccc1)NC(=O)C[C@@H](O)C(=O)N[C@@H](Cc1ccccc1)C(=O)OCC(C)C. The number of aliphatic hydroxyl groups excluding tert-OH is 1. The fourth-order valence-electron chi connectivity index (χ4n) is 3.57. The Morgan fingerprint density at radius 2 is 1.10 bits per heavy atom. The lowest BCUT2D eigenvalue weighted by Crippen LogP contribution is -2.49. The molecular weight excluding hydrogens is 500 g/mol. The lowest BCUT2D eigenvalue weighted by atomic mass is 10.0. The molecule has 0 bridgehead atoms. The second kappa shape index (κ2) is 16.3. The minimum absolute atomic E-state index is 0.104. The molecule has 0 aliphatic heterocycles. The largest absolute Gasteiger partial charge is 0.464 e. The van der Waals surface area contributed by atoms with Gasteiger partial charge in [0.15, 0.2) is 0 Å². The first-order valence-electron chi connectivity index (χ1n) is 13.2. The first-order valence-corrected chi connectivity index (χ1v) is 13.2.